The molecule has 2 aromatic rings. The zero-order chi connectivity index (χ0) is 23.0. The molecular formula is C26H26N2O5. The molecule has 2 aliphatic heterocycles. The first-order valence-corrected chi connectivity index (χ1v) is 11.4. The molecule has 2 amide bonds. The number of oxime groups is 1. The summed E-state index contributed by atoms with van der Waals surface area (Å²) >= 11 is 0. The van der Waals surface area contributed by atoms with Crippen LogP contribution >= 0.6 is 0 Å². The lowest BCUT2D eigenvalue weighted by Gasteiger charge is -2.30. The summed E-state index contributed by atoms with van der Waals surface area (Å²) in [6.07, 6.45) is 0.618. The third-order valence-electron chi connectivity index (χ3n) is 8.04. The Morgan fingerprint density at radius 1 is 0.939 bits per heavy atom. The molecule has 3 fully saturated rings. The van der Waals surface area contributed by atoms with E-state index in [0.29, 0.717) is 11.5 Å². The SMILES string of the molecule is COc1ccc(C2=NO[C@@H]3[C@H]4C[C@@H]([C@@H]23)[C@H]2C(=O)N(c3c(C)cccc3C)C(=O)[C@@H]42)c(OC)c1. The molecule has 4 aliphatic rings. The Bertz CT molecular complexity index is 1200. The highest BCUT2D eigenvalue weighted by Crippen LogP contribution is 2.62. The minimum atomic E-state index is -0.338. The lowest BCUT2D eigenvalue weighted by molar-refractivity contribution is -0.125. The second kappa shape index (κ2) is 7.07. The number of carbonyl (C=O) groups is 2. The van der Waals surface area contributed by atoms with Gasteiger partial charge in [-0.3, -0.25) is 9.59 Å². The monoisotopic (exact) mass is 446 g/mol. The van der Waals surface area contributed by atoms with Gasteiger partial charge in [0.1, 0.15) is 17.6 Å². The number of amides is 2. The summed E-state index contributed by atoms with van der Waals surface area (Å²) in [4.78, 5) is 34.7. The maximum Gasteiger partial charge on any atom is 0.238 e. The van der Waals surface area contributed by atoms with Gasteiger partial charge in [0.2, 0.25) is 11.8 Å². The van der Waals surface area contributed by atoms with Gasteiger partial charge in [0.15, 0.2) is 0 Å². The minimum Gasteiger partial charge on any atom is -0.497 e. The van der Waals surface area contributed by atoms with Crippen molar-refractivity contribution < 1.29 is 23.9 Å². The topological polar surface area (TPSA) is 77.4 Å². The number of fused-ring (bicyclic) bond motifs is 8. The molecule has 0 radical (unpaired) electrons. The first-order valence-electron chi connectivity index (χ1n) is 11.4. The van der Waals surface area contributed by atoms with Crippen LogP contribution in [0.3, 0.4) is 0 Å². The minimum absolute atomic E-state index is 0.0127. The van der Waals surface area contributed by atoms with Crippen molar-refractivity contribution in [3.63, 3.8) is 0 Å². The molecule has 0 spiro atoms. The Morgan fingerprint density at radius 3 is 2.30 bits per heavy atom. The van der Waals surface area contributed by atoms with Gasteiger partial charge in [-0.05, 0) is 49.4 Å². The van der Waals surface area contributed by atoms with Gasteiger partial charge in [-0.25, -0.2) is 4.90 Å². The van der Waals surface area contributed by atoms with Crippen LogP contribution in [-0.2, 0) is 14.4 Å². The van der Waals surface area contributed by atoms with Crippen molar-refractivity contribution in [3.05, 3.63) is 53.1 Å². The van der Waals surface area contributed by atoms with Crippen molar-refractivity contribution >= 4 is 23.2 Å². The number of aryl methyl sites for hydroxylation is 2. The lowest BCUT2D eigenvalue weighted by atomic mass is 9.71. The summed E-state index contributed by atoms with van der Waals surface area (Å²) in [5.74, 6) is 0.476. The van der Waals surface area contributed by atoms with E-state index in [-0.39, 0.29) is 47.5 Å². The van der Waals surface area contributed by atoms with Crippen molar-refractivity contribution in [2.75, 3.05) is 19.1 Å². The van der Waals surface area contributed by atoms with E-state index >= 15 is 0 Å². The van der Waals surface area contributed by atoms with Crippen LogP contribution < -0.4 is 14.4 Å². The lowest BCUT2D eigenvalue weighted by Crippen LogP contribution is -2.41. The first-order chi connectivity index (χ1) is 16.0. The largest absolute Gasteiger partial charge is 0.497 e. The molecule has 33 heavy (non-hydrogen) atoms. The molecule has 2 bridgehead atoms. The number of ether oxygens (including phenoxy) is 2. The molecule has 1 saturated heterocycles. The fraction of sp³-hybridized carbons (Fsp3) is 0.423. The van der Waals surface area contributed by atoms with Gasteiger partial charge in [-0.1, -0.05) is 23.4 Å². The van der Waals surface area contributed by atoms with Gasteiger partial charge in [0.25, 0.3) is 0 Å². The predicted octanol–water partition coefficient (Wildman–Crippen LogP) is 3.50. The number of nitrogens with zero attached hydrogens (tertiary/aromatic N) is 2. The third kappa shape index (κ3) is 2.59. The van der Waals surface area contributed by atoms with E-state index in [1.54, 1.807) is 14.2 Å². The number of para-hydroxylation sites is 1. The average Bonchev–Trinajstić information content (AvgIpc) is 3.55. The van der Waals surface area contributed by atoms with Crippen LogP contribution in [0.25, 0.3) is 0 Å². The van der Waals surface area contributed by atoms with Crippen molar-refractivity contribution in [1.82, 2.24) is 0 Å². The highest BCUT2D eigenvalue weighted by molar-refractivity contribution is 6.23. The summed E-state index contributed by atoms with van der Waals surface area (Å²) in [7, 11) is 3.23. The molecule has 6 atom stereocenters. The van der Waals surface area contributed by atoms with E-state index in [9.17, 15) is 9.59 Å². The fourth-order valence-electron chi connectivity index (χ4n) is 6.74. The van der Waals surface area contributed by atoms with Gasteiger partial charge in [0.05, 0.1) is 37.5 Å². The van der Waals surface area contributed by atoms with Crippen LogP contribution in [-0.4, -0.2) is 37.8 Å². The van der Waals surface area contributed by atoms with E-state index in [4.69, 9.17) is 14.3 Å². The Kier molecular flexibility index (Phi) is 4.34. The van der Waals surface area contributed by atoms with Gasteiger partial charge in [-0.15, -0.1) is 0 Å². The van der Waals surface area contributed by atoms with Gasteiger partial charge >= 0.3 is 0 Å². The van der Waals surface area contributed by atoms with Gasteiger partial charge < -0.3 is 14.3 Å². The van der Waals surface area contributed by atoms with Crippen molar-refractivity contribution in [1.29, 1.82) is 0 Å². The number of methoxy groups -OCH3 is 2. The van der Waals surface area contributed by atoms with E-state index < -0.39 is 0 Å². The quantitative estimate of drug-likeness (QED) is 0.672. The molecule has 2 aromatic carbocycles. The molecule has 6 rings (SSSR count). The number of carbonyl (C=O) groups excluding carboxylic acids is 2. The highest BCUT2D eigenvalue weighted by atomic mass is 16.6. The zero-order valence-electron chi connectivity index (χ0n) is 19.1. The molecule has 170 valence electrons. The summed E-state index contributed by atoms with van der Waals surface area (Å²) < 4.78 is 10.9. The van der Waals surface area contributed by atoms with E-state index in [1.807, 2.05) is 50.2 Å². The summed E-state index contributed by atoms with van der Waals surface area (Å²) in [5.41, 5.74) is 4.25. The Morgan fingerprint density at radius 2 is 1.64 bits per heavy atom. The average molecular weight is 447 g/mol. The normalized spacial score (nSPS) is 31.4. The van der Waals surface area contributed by atoms with Crippen LogP contribution in [0.1, 0.15) is 23.1 Å². The fourth-order valence-corrected chi connectivity index (χ4v) is 6.74. The first kappa shape index (κ1) is 20.3. The second-order valence-corrected chi connectivity index (χ2v) is 9.51. The zero-order valence-corrected chi connectivity index (χ0v) is 19.1. The Hall–Kier alpha value is -3.35. The number of anilines is 1. The molecule has 2 aliphatic carbocycles. The van der Waals surface area contributed by atoms with Crippen molar-refractivity contribution in [3.8, 4) is 11.5 Å². The highest BCUT2D eigenvalue weighted by Gasteiger charge is 2.70. The van der Waals surface area contributed by atoms with Crippen molar-refractivity contribution in [2.45, 2.75) is 26.4 Å². The van der Waals surface area contributed by atoms with Gasteiger partial charge in [-0.2, -0.15) is 0 Å². The molecule has 0 N–H and O–H groups in total. The van der Waals surface area contributed by atoms with Gasteiger partial charge in [0, 0.05) is 23.5 Å². The second-order valence-electron chi connectivity index (χ2n) is 9.51. The molecule has 7 heteroatoms. The van der Waals surface area contributed by atoms with Crippen LogP contribution in [0.4, 0.5) is 5.69 Å². The molecule has 2 saturated carbocycles. The van der Waals surface area contributed by atoms with E-state index in [2.05, 4.69) is 5.16 Å². The molecule has 0 unspecified atom stereocenters. The van der Waals surface area contributed by atoms with Crippen LogP contribution in [0.5, 0.6) is 11.5 Å². The van der Waals surface area contributed by atoms with Crippen molar-refractivity contribution in [2.24, 2.45) is 34.7 Å². The molecular weight excluding hydrogens is 420 g/mol. The number of benzene rings is 2. The van der Waals surface area contributed by atoms with Crippen LogP contribution in [0.2, 0.25) is 0 Å². The smallest absolute Gasteiger partial charge is 0.238 e. The Labute approximate surface area is 192 Å². The summed E-state index contributed by atoms with van der Waals surface area (Å²) in [6.45, 7) is 3.90. The maximum absolute atomic E-state index is 13.7. The van der Waals surface area contributed by atoms with Crippen LogP contribution in [0.15, 0.2) is 41.6 Å². The van der Waals surface area contributed by atoms with E-state index in [0.717, 1.165) is 34.5 Å². The standard InChI is InChI=1S/C26H26N2O5/c1-12-6-5-7-13(2)23(12)28-25(29)19-16-11-17(20(19)26(28)30)24-21(16)22(27-33-24)15-9-8-14(31-3)10-18(15)32-4/h5-10,16-17,19-21,24H,11H2,1-4H3/t16-,17+,19-,20+,21+,24-/m1/s1. The third-order valence-corrected chi connectivity index (χ3v) is 8.04. The van der Waals surface area contributed by atoms with Crippen LogP contribution in [0, 0.1) is 43.4 Å². The summed E-state index contributed by atoms with van der Waals surface area (Å²) in [5, 5.41) is 4.44. The Balaban J connectivity index is 1.37. The predicted molar refractivity (Wildman–Crippen MR) is 121 cm³/mol. The number of hydrogen-bond acceptors (Lipinski definition) is 6. The molecule has 2 heterocycles. The number of imide groups is 1. The number of hydrogen-bond donors (Lipinski definition) is 0. The molecule has 0 aromatic heterocycles. The molecule has 7 nitrogen and oxygen atoms in total. The summed E-state index contributed by atoms with van der Waals surface area (Å²) in [6, 6.07) is 11.5. The number of rotatable bonds is 4. The van der Waals surface area contributed by atoms with E-state index in [1.165, 1.54) is 4.90 Å². The maximum atomic E-state index is 13.7.